The van der Waals surface area contributed by atoms with Crippen molar-refractivity contribution in [2.75, 3.05) is 25.0 Å². The van der Waals surface area contributed by atoms with Gasteiger partial charge in [0.15, 0.2) is 0 Å². The molecule has 4 N–H and O–H groups in total. The first-order valence-corrected chi connectivity index (χ1v) is 19.2. The molecule has 12 nitrogen and oxygen atoms in total. The molecule has 1 fully saturated rings. The number of aryl methyl sites for hydroxylation is 3. The molecule has 3 aromatic carbocycles. The van der Waals surface area contributed by atoms with Gasteiger partial charge in [0.05, 0.1) is 19.4 Å². The van der Waals surface area contributed by atoms with E-state index in [9.17, 15) is 24.0 Å². The first-order valence-electron chi connectivity index (χ1n) is 19.2. The summed E-state index contributed by atoms with van der Waals surface area (Å²) in [6.07, 6.45) is 2.46. The van der Waals surface area contributed by atoms with Gasteiger partial charge in [0.2, 0.25) is 23.6 Å². The molecule has 3 atom stereocenters. The predicted octanol–water partition coefficient (Wildman–Crippen LogP) is 5.52. The van der Waals surface area contributed by atoms with Gasteiger partial charge in [-0.05, 0) is 125 Å². The number of nitrogens with one attached hydrogen (secondary N) is 4. The summed E-state index contributed by atoms with van der Waals surface area (Å²) < 4.78 is 11.5. The fourth-order valence-corrected chi connectivity index (χ4v) is 6.93. The van der Waals surface area contributed by atoms with E-state index in [1.807, 2.05) is 62.4 Å². The van der Waals surface area contributed by atoms with Crippen LogP contribution >= 0.6 is 0 Å². The third-order valence-corrected chi connectivity index (χ3v) is 10.0. The van der Waals surface area contributed by atoms with Gasteiger partial charge in [-0.15, -0.1) is 0 Å². The summed E-state index contributed by atoms with van der Waals surface area (Å²) in [5, 5.41) is 11.4. The van der Waals surface area contributed by atoms with Crippen molar-refractivity contribution in [1.82, 2.24) is 20.9 Å². The molecule has 1 saturated heterocycles. The molecule has 2 heterocycles. The van der Waals surface area contributed by atoms with Crippen molar-refractivity contribution in [3.63, 3.8) is 0 Å². The summed E-state index contributed by atoms with van der Waals surface area (Å²) in [6, 6.07) is 18.5. The van der Waals surface area contributed by atoms with Crippen LogP contribution in [0.2, 0.25) is 0 Å². The fraction of sp³-hybridized carbons (Fsp3) is 0.465. The second-order valence-corrected chi connectivity index (χ2v) is 15.6. The minimum absolute atomic E-state index is 0.0708. The molecule has 5 amide bonds. The average Bonchev–Trinajstić information content (AvgIpc) is 3.13. The average molecular weight is 754 g/mol. The number of nitrogens with zero attached hydrogens (tertiary/aromatic N) is 1. The SMILES string of the molecule is Cc1ccc2cc1CNC(=O)[C@H](CCc1ccccc1)NC(=O)[C@@H](NC(=O)Cc1ccc(NC(=O)OC(C)(C)C)cc1C)CC(=O)N1CCCC(CCO2)C1. The normalized spacial score (nSPS) is 19.8. The topological polar surface area (TPSA) is 155 Å². The number of carbonyl (C=O) groups is 5. The lowest BCUT2D eigenvalue weighted by Gasteiger charge is -2.34. The highest BCUT2D eigenvalue weighted by Gasteiger charge is 2.32. The third-order valence-electron chi connectivity index (χ3n) is 10.0. The molecule has 3 aromatic rings. The number of amides is 5. The maximum Gasteiger partial charge on any atom is 0.412 e. The first kappa shape index (κ1) is 40.8. The second-order valence-electron chi connectivity index (χ2n) is 15.6. The zero-order valence-corrected chi connectivity index (χ0v) is 32.7. The number of fused-ring (bicyclic) bond motifs is 4. The van der Waals surface area contributed by atoms with Crippen LogP contribution in [0.4, 0.5) is 10.5 Å². The summed E-state index contributed by atoms with van der Waals surface area (Å²) in [7, 11) is 0. The van der Waals surface area contributed by atoms with Gasteiger partial charge in [-0.3, -0.25) is 24.5 Å². The Balaban J connectivity index is 1.36. The molecule has 2 aliphatic rings. The Morgan fingerprint density at radius 3 is 2.47 bits per heavy atom. The van der Waals surface area contributed by atoms with Crippen LogP contribution in [0.15, 0.2) is 66.7 Å². The Labute approximate surface area is 324 Å². The standard InChI is InChI=1S/C43H55N5O7/c1-28-13-17-35-23-33(28)26-44-40(51)36(18-14-30-10-7-6-8-11-30)47-41(52)37(25-39(50)48-20-9-12-31(27-48)19-21-54-35)46-38(49)24-32-15-16-34(22-29(32)2)45-42(53)55-43(3,4)5/h6-8,10-11,13,15-17,22-23,31,36-37H,9,12,14,18-21,24-27H2,1-5H3,(H,44,51)(H,45,53)(H,46,49)(H,47,52)/t31?,36-,37-/m0/s1. The quantitative estimate of drug-likeness (QED) is 0.248. The molecule has 5 rings (SSSR count). The highest BCUT2D eigenvalue weighted by molar-refractivity contribution is 5.95. The van der Waals surface area contributed by atoms with E-state index < -0.39 is 35.6 Å². The van der Waals surface area contributed by atoms with Crippen molar-refractivity contribution in [2.45, 2.75) is 104 Å². The van der Waals surface area contributed by atoms with Crippen molar-refractivity contribution in [2.24, 2.45) is 5.92 Å². The van der Waals surface area contributed by atoms with E-state index in [0.717, 1.165) is 47.3 Å². The lowest BCUT2D eigenvalue weighted by atomic mass is 9.94. The van der Waals surface area contributed by atoms with Crippen molar-refractivity contribution in [3.05, 3.63) is 94.5 Å². The second kappa shape index (κ2) is 18.8. The van der Waals surface area contributed by atoms with E-state index in [0.29, 0.717) is 43.8 Å². The minimum atomic E-state index is -1.22. The van der Waals surface area contributed by atoms with Gasteiger partial charge in [0, 0.05) is 25.3 Å². The Morgan fingerprint density at radius 1 is 0.945 bits per heavy atom. The Bertz CT molecular complexity index is 1840. The third kappa shape index (κ3) is 12.6. The van der Waals surface area contributed by atoms with E-state index in [1.165, 1.54) is 0 Å². The molecule has 2 aliphatic heterocycles. The minimum Gasteiger partial charge on any atom is -0.494 e. The zero-order chi connectivity index (χ0) is 39.5. The molecule has 4 bridgehead atoms. The molecule has 0 aromatic heterocycles. The zero-order valence-electron chi connectivity index (χ0n) is 32.7. The smallest absolute Gasteiger partial charge is 0.412 e. The molecule has 0 radical (unpaired) electrons. The first-order chi connectivity index (χ1) is 26.2. The maximum atomic E-state index is 14.1. The van der Waals surface area contributed by atoms with Crippen molar-refractivity contribution in [1.29, 1.82) is 0 Å². The molecule has 294 valence electrons. The van der Waals surface area contributed by atoms with Crippen molar-refractivity contribution in [3.8, 4) is 5.75 Å². The Hall–Kier alpha value is -5.39. The number of rotatable bonds is 7. The highest BCUT2D eigenvalue weighted by atomic mass is 16.6. The lowest BCUT2D eigenvalue weighted by Crippen LogP contribution is -2.55. The maximum absolute atomic E-state index is 14.1. The number of piperidine rings is 1. The molecule has 0 spiro atoms. The van der Waals surface area contributed by atoms with Gasteiger partial charge < -0.3 is 30.3 Å². The monoisotopic (exact) mass is 753 g/mol. The molecule has 0 aliphatic carbocycles. The van der Waals surface area contributed by atoms with Crippen molar-refractivity contribution < 1.29 is 33.4 Å². The lowest BCUT2D eigenvalue weighted by molar-refractivity contribution is -0.138. The van der Waals surface area contributed by atoms with Gasteiger partial charge in [0.1, 0.15) is 23.4 Å². The molecule has 55 heavy (non-hydrogen) atoms. The van der Waals surface area contributed by atoms with E-state index >= 15 is 0 Å². The van der Waals surface area contributed by atoms with Gasteiger partial charge in [-0.1, -0.05) is 42.5 Å². The van der Waals surface area contributed by atoms with Crippen LogP contribution in [0, 0.1) is 19.8 Å². The number of ether oxygens (including phenoxy) is 2. The van der Waals surface area contributed by atoms with Gasteiger partial charge in [-0.2, -0.15) is 0 Å². The van der Waals surface area contributed by atoms with E-state index in [2.05, 4.69) is 21.3 Å². The molecule has 0 saturated carbocycles. The summed E-state index contributed by atoms with van der Waals surface area (Å²) in [6.45, 7) is 11.0. The Kier molecular flexibility index (Phi) is 13.9. The van der Waals surface area contributed by atoms with E-state index in [4.69, 9.17) is 9.47 Å². The van der Waals surface area contributed by atoms with Crippen LogP contribution in [0.25, 0.3) is 0 Å². The van der Waals surface area contributed by atoms with Crippen LogP contribution in [0.1, 0.15) is 80.7 Å². The van der Waals surface area contributed by atoms with Crippen LogP contribution < -0.4 is 26.0 Å². The number of anilines is 1. The molecule has 12 heteroatoms. The molecule has 1 unspecified atom stereocenters. The Morgan fingerprint density at radius 2 is 1.73 bits per heavy atom. The van der Waals surface area contributed by atoms with Gasteiger partial charge in [-0.25, -0.2) is 4.79 Å². The van der Waals surface area contributed by atoms with Gasteiger partial charge >= 0.3 is 6.09 Å². The number of carbonyl (C=O) groups excluding carboxylic acids is 5. The summed E-state index contributed by atoms with van der Waals surface area (Å²) in [5.41, 5.74) is 4.20. The summed E-state index contributed by atoms with van der Waals surface area (Å²) in [5.74, 6) is -0.724. The number of benzene rings is 3. The van der Waals surface area contributed by atoms with Crippen LogP contribution in [-0.4, -0.2) is 72.0 Å². The molecular weight excluding hydrogens is 699 g/mol. The highest BCUT2D eigenvalue weighted by Crippen LogP contribution is 2.24. The summed E-state index contributed by atoms with van der Waals surface area (Å²) in [4.78, 5) is 69.5. The van der Waals surface area contributed by atoms with E-state index in [-0.39, 0.29) is 37.1 Å². The fourth-order valence-electron chi connectivity index (χ4n) is 6.93. The van der Waals surface area contributed by atoms with Crippen LogP contribution in [0.3, 0.4) is 0 Å². The molecular formula is C43H55N5O7. The number of hydrogen-bond acceptors (Lipinski definition) is 7. The number of hydrogen-bond donors (Lipinski definition) is 4. The summed E-state index contributed by atoms with van der Waals surface area (Å²) >= 11 is 0. The van der Waals surface area contributed by atoms with E-state index in [1.54, 1.807) is 43.9 Å². The predicted molar refractivity (Wildman–Crippen MR) is 210 cm³/mol. The largest absolute Gasteiger partial charge is 0.494 e. The van der Waals surface area contributed by atoms with Crippen LogP contribution in [0.5, 0.6) is 5.75 Å². The van der Waals surface area contributed by atoms with Crippen LogP contribution in [-0.2, 0) is 43.3 Å². The van der Waals surface area contributed by atoms with Crippen molar-refractivity contribution >= 4 is 35.4 Å². The van der Waals surface area contributed by atoms with Gasteiger partial charge in [0.25, 0.3) is 0 Å².